The largest absolute Gasteiger partial charge is 0.370 e. The average molecular weight is 348 g/mol. The van der Waals surface area contributed by atoms with Crippen LogP contribution in [-0.4, -0.2) is 16.5 Å². The van der Waals surface area contributed by atoms with E-state index in [0.29, 0.717) is 5.92 Å². The van der Waals surface area contributed by atoms with E-state index in [1.165, 1.54) is 5.56 Å². The predicted octanol–water partition coefficient (Wildman–Crippen LogP) is 5.16. The van der Waals surface area contributed by atoms with Gasteiger partial charge in [0, 0.05) is 28.3 Å². The van der Waals surface area contributed by atoms with Gasteiger partial charge in [0.25, 0.3) is 0 Å². The maximum Gasteiger partial charge on any atom is 0.161 e. The molecule has 1 aromatic heterocycles. The molecule has 0 saturated carbocycles. The fourth-order valence-corrected chi connectivity index (χ4v) is 2.26. The average Bonchev–Trinajstić information content (AvgIpc) is 2.47. The Morgan fingerprint density at radius 3 is 2.57 bits per heavy atom. The van der Waals surface area contributed by atoms with E-state index in [-0.39, 0.29) is 0 Å². The van der Waals surface area contributed by atoms with Crippen molar-refractivity contribution in [1.29, 1.82) is 0 Å². The van der Waals surface area contributed by atoms with Gasteiger partial charge in [0.05, 0.1) is 0 Å². The Morgan fingerprint density at radius 2 is 1.95 bits per heavy atom. The van der Waals surface area contributed by atoms with E-state index in [0.717, 1.165) is 40.3 Å². The number of halogens is 1. The molecule has 0 saturated heterocycles. The third kappa shape index (κ3) is 4.03. The van der Waals surface area contributed by atoms with E-state index in [1.807, 2.05) is 0 Å². The maximum atomic E-state index is 4.72. The Hall–Kier alpha value is -1.42. The summed E-state index contributed by atoms with van der Waals surface area (Å²) >= 11 is 3.54. The summed E-state index contributed by atoms with van der Waals surface area (Å²) in [6.45, 7) is 9.46. The van der Waals surface area contributed by atoms with Crippen LogP contribution in [0.1, 0.15) is 44.4 Å². The van der Waals surface area contributed by atoms with Gasteiger partial charge in [-0.2, -0.15) is 0 Å². The fourth-order valence-electron chi connectivity index (χ4n) is 2.02. The number of anilines is 1. The van der Waals surface area contributed by atoms with Gasteiger partial charge in [0.15, 0.2) is 5.82 Å². The molecular weight excluding hydrogens is 326 g/mol. The Balaban J connectivity index is 2.45. The van der Waals surface area contributed by atoms with E-state index in [9.17, 15) is 0 Å². The molecule has 0 spiro atoms. The van der Waals surface area contributed by atoms with Gasteiger partial charge < -0.3 is 5.32 Å². The molecule has 0 atom stereocenters. The Kier molecular flexibility index (Phi) is 5.34. The molecule has 0 radical (unpaired) electrons. The second kappa shape index (κ2) is 7.03. The van der Waals surface area contributed by atoms with Crippen molar-refractivity contribution in [3.8, 4) is 11.4 Å². The molecule has 112 valence electrons. The minimum atomic E-state index is 0.380. The number of aromatic nitrogens is 2. The van der Waals surface area contributed by atoms with E-state index in [2.05, 4.69) is 78.2 Å². The highest BCUT2D eigenvalue weighted by Gasteiger charge is 2.10. The lowest BCUT2D eigenvalue weighted by Crippen LogP contribution is -2.06. The zero-order valence-electron chi connectivity index (χ0n) is 13.1. The van der Waals surface area contributed by atoms with E-state index >= 15 is 0 Å². The minimum Gasteiger partial charge on any atom is -0.370 e. The van der Waals surface area contributed by atoms with Crippen LogP contribution in [0.3, 0.4) is 0 Å². The van der Waals surface area contributed by atoms with Crippen LogP contribution >= 0.6 is 15.9 Å². The van der Waals surface area contributed by atoms with Gasteiger partial charge in [-0.3, -0.25) is 0 Å². The summed E-state index contributed by atoms with van der Waals surface area (Å²) < 4.78 is 1.11. The van der Waals surface area contributed by atoms with Gasteiger partial charge in [-0.1, -0.05) is 42.8 Å². The SMILES string of the molecule is CCCNc1cc(C(C)C)nc(-c2ccc(Br)c(C)c2)n1. The van der Waals surface area contributed by atoms with Crippen LogP contribution in [-0.2, 0) is 0 Å². The van der Waals surface area contributed by atoms with Crippen molar-refractivity contribution in [3.05, 3.63) is 40.0 Å². The second-order valence-electron chi connectivity index (χ2n) is 5.55. The molecule has 0 aliphatic rings. The van der Waals surface area contributed by atoms with Crippen LogP contribution in [0.15, 0.2) is 28.7 Å². The summed E-state index contributed by atoms with van der Waals surface area (Å²) in [5.41, 5.74) is 3.31. The van der Waals surface area contributed by atoms with Crippen LogP contribution in [0, 0.1) is 6.92 Å². The molecule has 1 aromatic carbocycles. The molecule has 0 aliphatic carbocycles. The molecular formula is C17H22BrN3. The highest BCUT2D eigenvalue weighted by molar-refractivity contribution is 9.10. The van der Waals surface area contributed by atoms with Gasteiger partial charge in [-0.25, -0.2) is 9.97 Å². The van der Waals surface area contributed by atoms with Gasteiger partial charge >= 0.3 is 0 Å². The number of rotatable bonds is 5. The zero-order valence-corrected chi connectivity index (χ0v) is 14.7. The number of aryl methyl sites for hydroxylation is 1. The summed E-state index contributed by atoms with van der Waals surface area (Å²) in [5.74, 6) is 2.08. The van der Waals surface area contributed by atoms with E-state index in [4.69, 9.17) is 4.98 Å². The topological polar surface area (TPSA) is 37.8 Å². The van der Waals surface area contributed by atoms with Crippen molar-refractivity contribution in [1.82, 2.24) is 9.97 Å². The first-order chi connectivity index (χ1) is 10.0. The van der Waals surface area contributed by atoms with Gasteiger partial charge in [-0.05, 0) is 37.0 Å². The Labute approximate surface area is 135 Å². The van der Waals surface area contributed by atoms with Crippen LogP contribution in [0.4, 0.5) is 5.82 Å². The van der Waals surface area contributed by atoms with Gasteiger partial charge in [-0.15, -0.1) is 0 Å². The fraction of sp³-hybridized carbons (Fsp3) is 0.412. The first-order valence-electron chi connectivity index (χ1n) is 7.40. The van der Waals surface area contributed by atoms with Crippen LogP contribution in [0.2, 0.25) is 0 Å². The van der Waals surface area contributed by atoms with Crippen molar-refractivity contribution >= 4 is 21.7 Å². The van der Waals surface area contributed by atoms with Crippen LogP contribution in [0.25, 0.3) is 11.4 Å². The number of benzene rings is 1. The standard InChI is InChI=1S/C17H22BrN3/c1-5-8-19-16-10-15(11(2)3)20-17(21-16)13-6-7-14(18)12(4)9-13/h6-7,9-11H,5,8H2,1-4H3,(H,19,20,21). The van der Waals surface area contributed by atoms with E-state index < -0.39 is 0 Å². The second-order valence-corrected chi connectivity index (χ2v) is 6.40. The highest BCUT2D eigenvalue weighted by atomic mass is 79.9. The van der Waals surface area contributed by atoms with Gasteiger partial charge in [0.1, 0.15) is 5.82 Å². The molecule has 21 heavy (non-hydrogen) atoms. The van der Waals surface area contributed by atoms with E-state index in [1.54, 1.807) is 0 Å². The smallest absolute Gasteiger partial charge is 0.161 e. The summed E-state index contributed by atoms with van der Waals surface area (Å²) in [7, 11) is 0. The van der Waals surface area contributed by atoms with Crippen LogP contribution < -0.4 is 5.32 Å². The monoisotopic (exact) mass is 347 g/mol. The lowest BCUT2D eigenvalue weighted by atomic mass is 10.1. The Morgan fingerprint density at radius 1 is 1.19 bits per heavy atom. The summed E-state index contributed by atoms with van der Waals surface area (Å²) in [4.78, 5) is 9.37. The molecule has 2 aromatic rings. The predicted molar refractivity (Wildman–Crippen MR) is 92.8 cm³/mol. The lowest BCUT2D eigenvalue weighted by Gasteiger charge is -2.12. The summed E-state index contributed by atoms with van der Waals surface area (Å²) in [6, 6.07) is 8.28. The summed E-state index contributed by atoms with van der Waals surface area (Å²) in [6.07, 6.45) is 1.08. The van der Waals surface area contributed by atoms with Crippen LogP contribution in [0.5, 0.6) is 0 Å². The molecule has 2 rings (SSSR count). The number of nitrogens with zero attached hydrogens (tertiary/aromatic N) is 2. The molecule has 1 N–H and O–H groups in total. The molecule has 0 bridgehead atoms. The number of hydrogen-bond donors (Lipinski definition) is 1. The molecule has 3 nitrogen and oxygen atoms in total. The first kappa shape index (κ1) is 16.0. The third-order valence-electron chi connectivity index (χ3n) is 3.31. The zero-order chi connectivity index (χ0) is 15.4. The molecule has 4 heteroatoms. The molecule has 0 fully saturated rings. The molecule has 0 amide bonds. The molecule has 0 aliphatic heterocycles. The van der Waals surface area contributed by atoms with Crippen molar-refractivity contribution < 1.29 is 0 Å². The number of nitrogens with one attached hydrogen (secondary N) is 1. The van der Waals surface area contributed by atoms with Crippen molar-refractivity contribution in [2.45, 2.75) is 40.0 Å². The third-order valence-corrected chi connectivity index (χ3v) is 4.20. The lowest BCUT2D eigenvalue weighted by molar-refractivity contribution is 0.816. The molecule has 1 heterocycles. The van der Waals surface area contributed by atoms with Crippen molar-refractivity contribution in [3.63, 3.8) is 0 Å². The first-order valence-corrected chi connectivity index (χ1v) is 8.20. The number of hydrogen-bond acceptors (Lipinski definition) is 3. The molecule has 0 unspecified atom stereocenters. The normalized spacial score (nSPS) is 11.0. The summed E-state index contributed by atoms with van der Waals surface area (Å²) in [5, 5.41) is 3.37. The maximum absolute atomic E-state index is 4.72. The van der Waals surface area contributed by atoms with Gasteiger partial charge in [0.2, 0.25) is 0 Å². The van der Waals surface area contributed by atoms with Crippen molar-refractivity contribution in [2.24, 2.45) is 0 Å². The highest BCUT2D eigenvalue weighted by Crippen LogP contribution is 2.25. The quantitative estimate of drug-likeness (QED) is 0.811. The Bertz CT molecular complexity index is 623. The minimum absolute atomic E-state index is 0.380. The van der Waals surface area contributed by atoms with Crippen molar-refractivity contribution in [2.75, 3.05) is 11.9 Å².